The Morgan fingerprint density at radius 1 is 1.07 bits per heavy atom. The van der Waals surface area contributed by atoms with Gasteiger partial charge in [-0.2, -0.15) is 4.98 Å². The van der Waals surface area contributed by atoms with E-state index in [0.717, 1.165) is 24.6 Å². The maximum absolute atomic E-state index is 12.0. The Bertz CT molecular complexity index is 944. The highest BCUT2D eigenvalue weighted by Crippen LogP contribution is 2.22. The van der Waals surface area contributed by atoms with Gasteiger partial charge in [-0.15, -0.1) is 0 Å². The minimum atomic E-state index is -0.407. The van der Waals surface area contributed by atoms with Gasteiger partial charge in [-0.3, -0.25) is 0 Å². The van der Waals surface area contributed by atoms with Crippen molar-refractivity contribution in [3.63, 3.8) is 0 Å². The number of hydrogen-bond donors (Lipinski definition) is 1. The molecule has 0 saturated carbocycles. The summed E-state index contributed by atoms with van der Waals surface area (Å²) in [5, 5.41) is 3.16. The molecule has 3 rings (SSSR count). The number of aryl methyl sites for hydroxylation is 1. The number of para-hydroxylation sites is 1. The molecule has 6 heteroatoms. The molecule has 28 heavy (non-hydrogen) atoms. The predicted molar refractivity (Wildman–Crippen MR) is 111 cm³/mol. The van der Waals surface area contributed by atoms with Gasteiger partial charge in [-0.1, -0.05) is 42.5 Å². The van der Waals surface area contributed by atoms with E-state index in [9.17, 15) is 4.79 Å². The third-order valence-corrected chi connectivity index (χ3v) is 4.34. The number of rotatable bonds is 7. The molecule has 144 valence electrons. The Balaban J connectivity index is 1.88. The van der Waals surface area contributed by atoms with Crippen LogP contribution in [-0.2, 0) is 11.3 Å². The molecule has 0 aliphatic carbocycles. The lowest BCUT2D eigenvalue weighted by molar-refractivity contribution is 0.0602. The first-order chi connectivity index (χ1) is 13.6. The number of carbonyl (C=O) groups excluding carboxylic acids is 1. The fraction of sp³-hybridized carbons (Fsp3) is 0.227. The van der Waals surface area contributed by atoms with Crippen molar-refractivity contribution in [3.8, 4) is 0 Å². The van der Waals surface area contributed by atoms with Crippen LogP contribution in [0.1, 0.15) is 28.5 Å². The lowest BCUT2D eigenvalue weighted by Crippen LogP contribution is -2.23. The number of ether oxygens (including phenoxy) is 1. The number of nitrogens with one attached hydrogen (secondary N) is 1. The van der Waals surface area contributed by atoms with E-state index in [1.54, 1.807) is 18.2 Å². The summed E-state index contributed by atoms with van der Waals surface area (Å²) < 4.78 is 4.86. The molecule has 1 aromatic heterocycles. The van der Waals surface area contributed by atoms with Gasteiger partial charge in [-0.05, 0) is 31.5 Å². The molecule has 0 aliphatic rings. The van der Waals surface area contributed by atoms with Gasteiger partial charge < -0.3 is 15.0 Å². The summed E-state index contributed by atoms with van der Waals surface area (Å²) in [4.78, 5) is 23.3. The van der Waals surface area contributed by atoms with Crippen LogP contribution >= 0.6 is 0 Å². The third kappa shape index (κ3) is 4.65. The van der Waals surface area contributed by atoms with Crippen molar-refractivity contribution < 1.29 is 9.53 Å². The zero-order valence-corrected chi connectivity index (χ0v) is 16.3. The molecule has 0 aliphatic heterocycles. The molecular formula is C22H24N4O2. The summed E-state index contributed by atoms with van der Waals surface area (Å²) in [7, 11) is 1.36. The summed E-state index contributed by atoms with van der Waals surface area (Å²) in [6.45, 7) is 5.59. The summed E-state index contributed by atoms with van der Waals surface area (Å²) in [5.41, 5.74) is 3.10. The van der Waals surface area contributed by atoms with E-state index >= 15 is 0 Å². The highest BCUT2D eigenvalue weighted by Gasteiger charge is 2.14. The number of anilines is 3. The van der Waals surface area contributed by atoms with Crippen molar-refractivity contribution in [2.45, 2.75) is 20.4 Å². The lowest BCUT2D eigenvalue weighted by atomic mass is 10.2. The molecule has 1 N–H and O–H groups in total. The number of benzene rings is 2. The number of carbonyl (C=O) groups is 1. The predicted octanol–water partition coefficient (Wildman–Crippen LogP) is 4.34. The Morgan fingerprint density at radius 2 is 1.79 bits per heavy atom. The average Bonchev–Trinajstić information content (AvgIpc) is 2.72. The molecular weight excluding hydrogens is 352 g/mol. The van der Waals surface area contributed by atoms with E-state index in [1.165, 1.54) is 12.7 Å². The van der Waals surface area contributed by atoms with Crippen LogP contribution in [0.4, 0.5) is 17.5 Å². The first kappa shape index (κ1) is 19.4. The van der Waals surface area contributed by atoms with Gasteiger partial charge in [0.05, 0.1) is 18.4 Å². The van der Waals surface area contributed by atoms with Crippen molar-refractivity contribution in [1.29, 1.82) is 0 Å². The lowest BCUT2D eigenvalue weighted by Gasteiger charge is -2.23. The number of nitrogens with zero attached hydrogens (tertiary/aromatic N) is 3. The fourth-order valence-corrected chi connectivity index (χ4v) is 2.93. The Hall–Kier alpha value is -3.41. The molecule has 6 nitrogen and oxygen atoms in total. The summed E-state index contributed by atoms with van der Waals surface area (Å²) >= 11 is 0. The number of hydrogen-bond acceptors (Lipinski definition) is 6. The molecule has 1 heterocycles. The number of esters is 1. The zero-order chi connectivity index (χ0) is 19.9. The smallest absolute Gasteiger partial charge is 0.339 e. The Labute approximate surface area is 165 Å². The van der Waals surface area contributed by atoms with Crippen LogP contribution in [0.2, 0.25) is 0 Å². The van der Waals surface area contributed by atoms with Gasteiger partial charge in [0, 0.05) is 24.8 Å². The minimum absolute atomic E-state index is 0.407. The second-order valence-corrected chi connectivity index (χ2v) is 6.35. The highest BCUT2D eigenvalue weighted by molar-refractivity contribution is 5.96. The van der Waals surface area contributed by atoms with Crippen LogP contribution in [0.15, 0.2) is 60.7 Å². The molecule has 3 aromatic rings. The summed E-state index contributed by atoms with van der Waals surface area (Å²) in [6, 6.07) is 19.4. The molecule has 0 bridgehead atoms. The van der Waals surface area contributed by atoms with Crippen LogP contribution in [0, 0.1) is 6.92 Å². The van der Waals surface area contributed by atoms with E-state index in [4.69, 9.17) is 4.74 Å². The van der Waals surface area contributed by atoms with E-state index in [0.29, 0.717) is 17.2 Å². The van der Waals surface area contributed by atoms with Crippen molar-refractivity contribution >= 4 is 23.4 Å². The van der Waals surface area contributed by atoms with Crippen LogP contribution < -0.4 is 10.2 Å². The van der Waals surface area contributed by atoms with Crippen LogP contribution in [0.5, 0.6) is 0 Å². The quantitative estimate of drug-likeness (QED) is 0.619. The van der Waals surface area contributed by atoms with Gasteiger partial charge in [0.1, 0.15) is 5.82 Å². The molecule has 0 unspecified atom stereocenters. The zero-order valence-electron chi connectivity index (χ0n) is 16.3. The standard InChI is InChI=1S/C22H24N4O2/c1-4-26(15-17-10-6-5-7-11-17)20-14-16(2)23-22(25-20)24-19-13-9-8-12-18(19)21(27)28-3/h5-14H,4,15H2,1-3H3,(H,23,24,25). The maximum Gasteiger partial charge on any atom is 0.339 e. The van der Waals surface area contributed by atoms with E-state index in [-0.39, 0.29) is 0 Å². The SMILES string of the molecule is CCN(Cc1ccccc1)c1cc(C)nc(Nc2ccccc2C(=O)OC)n1. The van der Waals surface area contributed by atoms with Crippen molar-refractivity contribution in [2.75, 3.05) is 23.9 Å². The maximum atomic E-state index is 12.0. The monoisotopic (exact) mass is 376 g/mol. The molecule has 0 atom stereocenters. The second-order valence-electron chi connectivity index (χ2n) is 6.35. The van der Waals surface area contributed by atoms with Gasteiger partial charge >= 0.3 is 5.97 Å². The molecule has 0 spiro atoms. The first-order valence-electron chi connectivity index (χ1n) is 9.19. The fourth-order valence-electron chi connectivity index (χ4n) is 2.93. The highest BCUT2D eigenvalue weighted by atomic mass is 16.5. The normalized spacial score (nSPS) is 10.4. The van der Waals surface area contributed by atoms with Crippen LogP contribution in [-0.4, -0.2) is 29.6 Å². The second kappa shape index (κ2) is 8.99. The van der Waals surface area contributed by atoms with Crippen molar-refractivity contribution in [1.82, 2.24) is 9.97 Å². The minimum Gasteiger partial charge on any atom is -0.465 e. The Morgan fingerprint density at radius 3 is 2.50 bits per heavy atom. The molecule has 2 aromatic carbocycles. The van der Waals surface area contributed by atoms with Crippen molar-refractivity contribution in [2.24, 2.45) is 0 Å². The first-order valence-corrected chi connectivity index (χ1v) is 9.19. The van der Waals surface area contributed by atoms with Crippen molar-refractivity contribution in [3.05, 3.63) is 77.5 Å². The molecule has 0 fully saturated rings. The van der Waals surface area contributed by atoms with Gasteiger partial charge in [-0.25, -0.2) is 9.78 Å². The Kier molecular flexibility index (Phi) is 6.22. The molecule has 0 saturated heterocycles. The molecule has 0 amide bonds. The van der Waals surface area contributed by atoms with E-state index in [1.807, 2.05) is 37.3 Å². The van der Waals surface area contributed by atoms with Gasteiger partial charge in [0.2, 0.25) is 5.95 Å². The largest absolute Gasteiger partial charge is 0.465 e. The van der Waals surface area contributed by atoms with E-state index in [2.05, 4.69) is 39.2 Å². The number of aromatic nitrogens is 2. The van der Waals surface area contributed by atoms with Gasteiger partial charge in [0.15, 0.2) is 0 Å². The van der Waals surface area contributed by atoms with Gasteiger partial charge in [0.25, 0.3) is 0 Å². The average molecular weight is 376 g/mol. The van der Waals surface area contributed by atoms with Crippen LogP contribution in [0.3, 0.4) is 0 Å². The summed E-state index contributed by atoms with van der Waals surface area (Å²) in [5.74, 6) is 0.866. The van der Waals surface area contributed by atoms with E-state index < -0.39 is 5.97 Å². The topological polar surface area (TPSA) is 67.4 Å². The number of methoxy groups -OCH3 is 1. The molecule has 0 radical (unpaired) electrons. The summed E-state index contributed by atoms with van der Waals surface area (Å²) in [6.07, 6.45) is 0. The third-order valence-electron chi connectivity index (χ3n) is 4.34. The van der Waals surface area contributed by atoms with Crippen LogP contribution in [0.25, 0.3) is 0 Å².